The topological polar surface area (TPSA) is 66.3 Å². The van der Waals surface area contributed by atoms with Gasteiger partial charge in [0.05, 0.1) is 14.1 Å². The fourth-order valence-corrected chi connectivity index (χ4v) is 1.43. The predicted molar refractivity (Wildman–Crippen MR) is 81.0 cm³/mol. The summed E-state index contributed by atoms with van der Waals surface area (Å²) in [7, 11) is 1.11. The normalized spacial score (nSPS) is 10.5. The van der Waals surface area contributed by atoms with Gasteiger partial charge in [-0.05, 0) is 18.2 Å². The molecule has 23 heavy (non-hydrogen) atoms. The van der Waals surface area contributed by atoms with Crippen LogP contribution in [0.15, 0.2) is 18.2 Å². The van der Waals surface area contributed by atoms with E-state index in [1.54, 1.807) is 31.1 Å². The summed E-state index contributed by atoms with van der Waals surface area (Å²) < 4.78 is 39.0. The molecule has 0 aliphatic heterocycles. The molecule has 0 saturated heterocycles. The molecule has 2 N–H and O–H groups in total. The molecule has 1 aromatic carbocycles. The van der Waals surface area contributed by atoms with Crippen LogP contribution in [0.1, 0.15) is 0 Å². The van der Waals surface area contributed by atoms with Crippen molar-refractivity contribution in [2.75, 3.05) is 28.2 Å². The maximum atomic E-state index is 10.7. The molecule has 2 aromatic rings. The summed E-state index contributed by atoms with van der Waals surface area (Å²) in [4.78, 5) is 13.1. The number of benzene rings is 1. The highest BCUT2D eigenvalue weighted by molar-refractivity contribution is 6.50. The molecule has 0 saturated carbocycles. The van der Waals surface area contributed by atoms with E-state index in [1.807, 2.05) is 20.2 Å². The maximum absolute atomic E-state index is 10.7. The molecule has 130 valence electrons. The van der Waals surface area contributed by atoms with E-state index in [0.717, 1.165) is 15.9 Å². The van der Waals surface area contributed by atoms with Gasteiger partial charge >= 0.3 is 13.3 Å². The van der Waals surface area contributed by atoms with E-state index in [-0.39, 0.29) is 6.03 Å². The zero-order valence-electron chi connectivity index (χ0n) is 12.9. The second-order valence-electron chi connectivity index (χ2n) is 4.65. The summed E-state index contributed by atoms with van der Waals surface area (Å²) >= 11 is 5.69. The third-order valence-corrected chi connectivity index (χ3v) is 2.35. The van der Waals surface area contributed by atoms with Gasteiger partial charge in [0.1, 0.15) is 11.0 Å². The van der Waals surface area contributed by atoms with E-state index >= 15 is 0 Å². The van der Waals surface area contributed by atoms with Crippen LogP contribution >= 0.6 is 11.6 Å². The van der Waals surface area contributed by atoms with Crippen molar-refractivity contribution in [3.05, 3.63) is 23.2 Å². The molecule has 0 aliphatic carbocycles. The van der Waals surface area contributed by atoms with Crippen molar-refractivity contribution >= 4 is 35.9 Å². The number of urea groups is 1. The number of H-pyrrole nitrogens is 1. The minimum Gasteiger partial charge on any atom is -0.418 e. The highest BCUT2D eigenvalue weighted by atomic mass is 35.5. The Morgan fingerprint density at radius 2 is 1.65 bits per heavy atom. The largest absolute Gasteiger partial charge is 0.673 e. The second-order valence-corrected chi connectivity index (χ2v) is 5.09. The molecular weight excluding hydrogens is 340 g/mol. The van der Waals surface area contributed by atoms with Gasteiger partial charge in [-0.25, -0.2) is 4.79 Å². The summed E-state index contributed by atoms with van der Waals surface area (Å²) in [6.45, 7) is 0. The van der Waals surface area contributed by atoms with Crippen molar-refractivity contribution in [1.82, 2.24) is 20.3 Å². The molecule has 2 amide bonds. The Morgan fingerprint density at radius 3 is 2.04 bits per heavy atom. The van der Waals surface area contributed by atoms with Crippen molar-refractivity contribution in [3.63, 3.8) is 0 Å². The molecule has 1 heterocycles. The monoisotopic (exact) mass is 357 g/mol. The zero-order valence-corrected chi connectivity index (χ0v) is 13.7. The lowest BCUT2D eigenvalue weighted by atomic mass is 10.3. The Hall–Kier alpha value is -1.88. The highest BCUT2D eigenvalue weighted by Crippen LogP contribution is 2.13. The lowest BCUT2D eigenvalue weighted by Gasteiger charge is -2.10. The Kier molecular flexibility index (Phi) is 8.55. The fourth-order valence-electron chi connectivity index (χ4n) is 1.26. The quantitative estimate of drug-likeness (QED) is 0.557. The first-order chi connectivity index (χ1) is 10.4. The summed E-state index contributed by atoms with van der Waals surface area (Å²) in [6.07, 6.45) is 0. The number of aromatic nitrogens is 3. The Bertz CT molecular complexity index is 604. The summed E-state index contributed by atoms with van der Waals surface area (Å²) in [5.74, 6) is 0. The van der Waals surface area contributed by atoms with Crippen LogP contribution in [0.2, 0.25) is 5.02 Å². The maximum Gasteiger partial charge on any atom is 0.673 e. The smallest absolute Gasteiger partial charge is 0.418 e. The van der Waals surface area contributed by atoms with E-state index in [1.165, 1.54) is 0 Å². The molecule has 0 atom stereocenters. The minimum absolute atomic E-state index is 0.102. The van der Waals surface area contributed by atoms with Gasteiger partial charge in [-0.1, -0.05) is 11.6 Å². The van der Waals surface area contributed by atoms with Crippen molar-refractivity contribution < 1.29 is 27.0 Å². The molecule has 1 aromatic heterocycles. The standard InChI is InChI=1S/C6H4ClN3.C5H12N2O.BF4/c7-4-1-2-5-6(3-4)9-10-8-5;1-6(2)5(8)7(3)4;2-1(3,4)5/h1-3H,(H,8,9,10);1-4H3;/q;;-1/p+1. The van der Waals surface area contributed by atoms with Crippen LogP contribution < -0.4 is 4.90 Å². The summed E-state index contributed by atoms with van der Waals surface area (Å²) in [6, 6.07) is 5.47. The summed E-state index contributed by atoms with van der Waals surface area (Å²) in [5.41, 5.74) is 1.64. The number of fused-ring (bicyclic) bond motifs is 1. The number of nitrogens with zero attached hydrogens (tertiary/aromatic N) is 3. The lowest BCUT2D eigenvalue weighted by Crippen LogP contribution is -3.10. The van der Waals surface area contributed by atoms with Gasteiger partial charge in [-0.3, -0.25) is 9.80 Å². The van der Waals surface area contributed by atoms with Crippen LogP contribution in [0, 0.1) is 0 Å². The number of rotatable bonds is 0. The molecule has 0 spiro atoms. The van der Waals surface area contributed by atoms with E-state index in [2.05, 4.69) is 15.4 Å². The number of aromatic amines is 1. The average Bonchev–Trinajstić information content (AvgIpc) is 2.83. The van der Waals surface area contributed by atoms with Crippen LogP contribution in [0.4, 0.5) is 22.1 Å². The number of hydrogen-bond donors (Lipinski definition) is 2. The van der Waals surface area contributed by atoms with Gasteiger partial charge in [0.25, 0.3) is 0 Å². The fraction of sp³-hybridized carbons (Fsp3) is 0.364. The Morgan fingerprint density at radius 1 is 1.17 bits per heavy atom. The molecule has 0 aliphatic rings. The predicted octanol–water partition coefficient (Wildman–Crippen LogP) is 1.72. The first-order valence-electron chi connectivity index (χ1n) is 6.27. The molecule has 0 bridgehead atoms. The number of hydrogen-bond acceptors (Lipinski definition) is 3. The van der Waals surface area contributed by atoms with Gasteiger partial charge in [-0.15, -0.1) is 0 Å². The van der Waals surface area contributed by atoms with Crippen molar-refractivity contribution in [1.29, 1.82) is 0 Å². The zero-order chi connectivity index (χ0) is 18.2. The van der Waals surface area contributed by atoms with Gasteiger partial charge in [0, 0.05) is 19.1 Å². The lowest BCUT2D eigenvalue weighted by molar-refractivity contribution is -0.772. The first-order valence-corrected chi connectivity index (χ1v) is 6.64. The highest BCUT2D eigenvalue weighted by Gasteiger charge is 2.20. The second kappa shape index (κ2) is 9.31. The molecule has 0 radical (unpaired) electrons. The van der Waals surface area contributed by atoms with Gasteiger partial charge in [0.2, 0.25) is 0 Å². The van der Waals surface area contributed by atoms with Crippen molar-refractivity contribution in [2.24, 2.45) is 0 Å². The number of nitrogens with one attached hydrogen (secondary N) is 2. The average molecular weight is 358 g/mol. The Balaban J connectivity index is 0.000000338. The first kappa shape index (κ1) is 21.1. The molecular formula is C11H17BClF4N5O. The van der Waals surface area contributed by atoms with Crippen LogP contribution in [-0.4, -0.2) is 61.8 Å². The van der Waals surface area contributed by atoms with Crippen molar-refractivity contribution in [3.8, 4) is 0 Å². The van der Waals surface area contributed by atoms with E-state index in [9.17, 15) is 22.1 Å². The molecule has 2 rings (SSSR count). The van der Waals surface area contributed by atoms with Crippen LogP contribution in [-0.2, 0) is 0 Å². The van der Waals surface area contributed by atoms with Crippen LogP contribution in [0.5, 0.6) is 0 Å². The van der Waals surface area contributed by atoms with Gasteiger partial charge < -0.3 is 17.3 Å². The number of carbonyl (C=O) groups is 1. The molecule has 12 heteroatoms. The number of quaternary nitrogens is 1. The van der Waals surface area contributed by atoms with Gasteiger partial charge in [-0.2, -0.15) is 15.4 Å². The van der Waals surface area contributed by atoms with Gasteiger partial charge in [0.15, 0.2) is 0 Å². The molecule has 0 fully saturated rings. The molecule has 6 nitrogen and oxygen atoms in total. The summed E-state index contributed by atoms with van der Waals surface area (Å²) in [5, 5.41) is 10.9. The number of carbonyl (C=O) groups excluding carboxylic acids is 1. The minimum atomic E-state index is -6.00. The number of halogens is 5. The van der Waals surface area contributed by atoms with E-state index in [0.29, 0.717) is 5.02 Å². The van der Waals surface area contributed by atoms with E-state index < -0.39 is 7.25 Å². The van der Waals surface area contributed by atoms with Crippen LogP contribution in [0.3, 0.4) is 0 Å². The SMILES string of the molecule is CN(C)C(=O)[NH+](C)C.Clc1ccc2n[nH]nc2c1.F[B-](F)(F)F. The van der Waals surface area contributed by atoms with Crippen molar-refractivity contribution in [2.45, 2.75) is 0 Å². The van der Waals surface area contributed by atoms with E-state index in [4.69, 9.17) is 11.6 Å². The number of amides is 2. The third kappa shape index (κ3) is 10.5. The molecule has 0 unspecified atom stereocenters. The van der Waals surface area contributed by atoms with Crippen LogP contribution in [0.25, 0.3) is 11.0 Å². The Labute approximate surface area is 135 Å². The third-order valence-electron chi connectivity index (χ3n) is 2.11.